The number of benzene rings is 1. The van der Waals surface area contributed by atoms with Crippen molar-refractivity contribution in [1.29, 1.82) is 0 Å². The van der Waals surface area contributed by atoms with Crippen molar-refractivity contribution in [1.82, 2.24) is 15.1 Å². The summed E-state index contributed by atoms with van der Waals surface area (Å²) in [4.78, 5) is 42.4. The van der Waals surface area contributed by atoms with Crippen molar-refractivity contribution in [2.75, 3.05) is 17.8 Å². The standard InChI is InChI=1S/C25H32N4O4S/c1-4-33-23(31)20-15-21-22(30)29(18-12-9-13-19(14-18)34-3)25(2,16-28(21)27-20)24(32)26-17-10-7-5-6-8-11-17/h9,12-15,17H,4-8,10-11,16H2,1-3H3,(H,26,32)/t25-/m0/s1. The molecule has 2 amide bonds. The van der Waals surface area contributed by atoms with Crippen molar-refractivity contribution in [2.24, 2.45) is 0 Å². The zero-order chi connectivity index (χ0) is 24.3. The maximum atomic E-state index is 13.8. The number of rotatable bonds is 6. The van der Waals surface area contributed by atoms with Crippen LogP contribution in [0.2, 0.25) is 0 Å². The van der Waals surface area contributed by atoms with Gasteiger partial charge in [-0.15, -0.1) is 11.8 Å². The molecule has 1 N–H and O–H groups in total. The summed E-state index contributed by atoms with van der Waals surface area (Å²) in [7, 11) is 0. The summed E-state index contributed by atoms with van der Waals surface area (Å²) < 4.78 is 6.54. The van der Waals surface area contributed by atoms with Crippen LogP contribution in [0.15, 0.2) is 35.2 Å². The molecule has 1 aliphatic heterocycles. The van der Waals surface area contributed by atoms with Crippen molar-refractivity contribution in [3.63, 3.8) is 0 Å². The number of thioether (sulfide) groups is 1. The molecule has 4 rings (SSSR count). The van der Waals surface area contributed by atoms with Gasteiger partial charge in [-0.25, -0.2) is 4.79 Å². The van der Waals surface area contributed by atoms with Crippen LogP contribution in [0.5, 0.6) is 0 Å². The maximum Gasteiger partial charge on any atom is 0.358 e. The lowest BCUT2D eigenvalue weighted by molar-refractivity contribution is -0.127. The number of anilines is 1. The van der Waals surface area contributed by atoms with E-state index in [-0.39, 0.29) is 42.4 Å². The van der Waals surface area contributed by atoms with Gasteiger partial charge in [0.2, 0.25) is 5.91 Å². The van der Waals surface area contributed by atoms with Crippen molar-refractivity contribution in [3.8, 4) is 0 Å². The fraction of sp³-hybridized carbons (Fsp3) is 0.520. The maximum absolute atomic E-state index is 13.8. The molecular formula is C25H32N4O4S. The monoisotopic (exact) mass is 484 g/mol. The van der Waals surface area contributed by atoms with E-state index in [9.17, 15) is 14.4 Å². The van der Waals surface area contributed by atoms with E-state index in [1.807, 2.05) is 30.5 Å². The third-order valence-electron chi connectivity index (χ3n) is 6.63. The molecule has 1 aromatic carbocycles. The molecule has 8 nitrogen and oxygen atoms in total. The fourth-order valence-corrected chi connectivity index (χ4v) is 5.26. The Labute approximate surface area is 204 Å². The topological polar surface area (TPSA) is 93.5 Å². The molecule has 0 radical (unpaired) electrons. The Kier molecular flexibility index (Phi) is 7.30. The van der Waals surface area contributed by atoms with Gasteiger partial charge in [-0.1, -0.05) is 31.7 Å². The first-order valence-corrected chi connectivity index (χ1v) is 13.1. The minimum absolute atomic E-state index is 0.0661. The van der Waals surface area contributed by atoms with Gasteiger partial charge in [0.15, 0.2) is 5.69 Å². The molecule has 182 valence electrons. The number of carbonyl (C=O) groups excluding carboxylic acids is 3. The molecule has 2 aliphatic rings. The van der Waals surface area contributed by atoms with Crippen LogP contribution in [0.25, 0.3) is 0 Å². The molecule has 0 unspecified atom stereocenters. The van der Waals surface area contributed by atoms with Gasteiger partial charge in [-0.2, -0.15) is 5.10 Å². The summed E-state index contributed by atoms with van der Waals surface area (Å²) in [5, 5.41) is 7.56. The zero-order valence-electron chi connectivity index (χ0n) is 20.0. The van der Waals surface area contributed by atoms with Crippen molar-refractivity contribution in [3.05, 3.63) is 41.7 Å². The molecule has 1 aromatic heterocycles. The Hall–Kier alpha value is -2.81. The number of nitrogens with one attached hydrogen (secondary N) is 1. The van der Waals surface area contributed by atoms with Crippen LogP contribution in [0, 0.1) is 0 Å². The second kappa shape index (κ2) is 10.2. The number of hydrogen-bond acceptors (Lipinski definition) is 6. The highest BCUT2D eigenvalue weighted by Gasteiger charge is 2.49. The smallest absolute Gasteiger partial charge is 0.358 e. The third-order valence-corrected chi connectivity index (χ3v) is 7.35. The molecular weight excluding hydrogens is 452 g/mol. The molecule has 1 fully saturated rings. The van der Waals surface area contributed by atoms with Crippen LogP contribution in [0.3, 0.4) is 0 Å². The van der Waals surface area contributed by atoms with E-state index in [2.05, 4.69) is 10.4 Å². The number of carbonyl (C=O) groups is 3. The van der Waals surface area contributed by atoms with E-state index in [1.54, 1.807) is 30.5 Å². The van der Waals surface area contributed by atoms with Gasteiger partial charge < -0.3 is 10.1 Å². The first kappa shape index (κ1) is 24.3. The molecule has 34 heavy (non-hydrogen) atoms. The first-order chi connectivity index (χ1) is 16.4. The predicted octanol–water partition coefficient (Wildman–Crippen LogP) is 4.04. The van der Waals surface area contributed by atoms with E-state index in [4.69, 9.17) is 4.74 Å². The van der Waals surface area contributed by atoms with E-state index < -0.39 is 11.5 Å². The molecule has 2 aromatic rings. The average Bonchev–Trinajstić information content (AvgIpc) is 3.08. The summed E-state index contributed by atoms with van der Waals surface area (Å²) in [6.07, 6.45) is 8.40. The van der Waals surface area contributed by atoms with Crippen molar-refractivity contribution < 1.29 is 19.1 Å². The lowest BCUT2D eigenvalue weighted by atomic mass is 9.93. The Morgan fingerprint density at radius 1 is 1.21 bits per heavy atom. The predicted molar refractivity (Wildman–Crippen MR) is 131 cm³/mol. The number of hydrogen-bond donors (Lipinski definition) is 1. The average molecular weight is 485 g/mol. The SMILES string of the molecule is CCOC(=O)c1cc2n(n1)C[C@@](C)(C(=O)NC1CCCCCC1)N(c1cccc(SC)c1)C2=O. The largest absolute Gasteiger partial charge is 0.461 e. The van der Waals surface area contributed by atoms with E-state index in [0.717, 1.165) is 30.6 Å². The molecule has 1 aliphatic carbocycles. The van der Waals surface area contributed by atoms with Crippen LogP contribution < -0.4 is 10.2 Å². The van der Waals surface area contributed by atoms with Gasteiger partial charge in [0.1, 0.15) is 11.2 Å². The van der Waals surface area contributed by atoms with Crippen LogP contribution in [0.4, 0.5) is 5.69 Å². The van der Waals surface area contributed by atoms with Gasteiger partial charge in [0.25, 0.3) is 5.91 Å². The molecule has 0 saturated heterocycles. The molecule has 1 saturated carbocycles. The summed E-state index contributed by atoms with van der Waals surface area (Å²) in [5.74, 6) is -1.16. The van der Waals surface area contributed by atoms with Gasteiger partial charge in [-0.05, 0) is 51.1 Å². The molecule has 1 atom stereocenters. The summed E-state index contributed by atoms with van der Waals surface area (Å²) in [6, 6.07) is 9.15. The highest BCUT2D eigenvalue weighted by molar-refractivity contribution is 7.98. The number of nitrogens with zero attached hydrogens (tertiary/aromatic N) is 3. The number of amides is 2. The number of aromatic nitrogens is 2. The molecule has 9 heteroatoms. The summed E-state index contributed by atoms with van der Waals surface area (Å²) >= 11 is 1.57. The first-order valence-electron chi connectivity index (χ1n) is 11.9. The molecule has 0 spiro atoms. The molecule has 2 heterocycles. The van der Waals surface area contributed by atoms with Crippen LogP contribution >= 0.6 is 11.8 Å². The number of esters is 1. The Morgan fingerprint density at radius 3 is 2.62 bits per heavy atom. The van der Waals surface area contributed by atoms with Crippen LogP contribution in [0.1, 0.15) is 73.3 Å². The van der Waals surface area contributed by atoms with Gasteiger partial charge >= 0.3 is 5.97 Å². The minimum atomic E-state index is -1.22. The van der Waals surface area contributed by atoms with E-state index in [0.29, 0.717) is 5.69 Å². The zero-order valence-corrected chi connectivity index (χ0v) is 20.8. The Balaban J connectivity index is 1.74. The van der Waals surface area contributed by atoms with E-state index in [1.165, 1.54) is 23.6 Å². The fourth-order valence-electron chi connectivity index (χ4n) is 4.80. The van der Waals surface area contributed by atoms with Crippen LogP contribution in [-0.4, -0.2) is 52.0 Å². The van der Waals surface area contributed by atoms with Gasteiger partial charge in [0, 0.05) is 22.7 Å². The Morgan fingerprint density at radius 2 is 1.94 bits per heavy atom. The van der Waals surface area contributed by atoms with E-state index >= 15 is 0 Å². The normalized spacial score (nSPS) is 21.0. The minimum Gasteiger partial charge on any atom is -0.461 e. The second-order valence-electron chi connectivity index (χ2n) is 9.07. The Bertz CT molecular complexity index is 1080. The quantitative estimate of drug-likeness (QED) is 0.378. The third kappa shape index (κ3) is 4.71. The van der Waals surface area contributed by atoms with Gasteiger partial charge in [-0.3, -0.25) is 19.2 Å². The highest BCUT2D eigenvalue weighted by atomic mass is 32.2. The second-order valence-corrected chi connectivity index (χ2v) is 9.95. The summed E-state index contributed by atoms with van der Waals surface area (Å²) in [5.41, 5.74) is -0.250. The molecule has 0 bridgehead atoms. The lowest BCUT2D eigenvalue weighted by Gasteiger charge is -2.43. The van der Waals surface area contributed by atoms with Crippen molar-refractivity contribution in [2.45, 2.75) is 75.4 Å². The summed E-state index contributed by atoms with van der Waals surface area (Å²) in [6.45, 7) is 3.84. The number of ether oxygens (including phenoxy) is 1. The lowest BCUT2D eigenvalue weighted by Crippen LogP contribution is -2.65. The van der Waals surface area contributed by atoms with Crippen LogP contribution in [-0.2, 0) is 16.1 Å². The highest BCUT2D eigenvalue weighted by Crippen LogP contribution is 2.35. The van der Waals surface area contributed by atoms with Crippen molar-refractivity contribution >= 4 is 35.2 Å². The van der Waals surface area contributed by atoms with Gasteiger partial charge in [0.05, 0.1) is 13.2 Å². The number of fused-ring (bicyclic) bond motifs is 1.